The smallest absolute Gasteiger partial charge is 0.0610 e. The van der Waals surface area contributed by atoms with Gasteiger partial charge in [-0.05, 0) is 32.1 Å². The van der Waals surface area contributed by atoms with E-state index in [-0.39, 0.29) is 0 Å². The molecule has 1 atom stereocenters. The predicted molar refractivity (Wildman–Crippen MR) is 48.9 cm³/mol. The van der Waals surface area contributed by atoms with E-state index in [0.717, 1.165) is 25.9 Å². The van der Waals surface area contributed by atoms with Gasteiger partial charge in [0.25, 0.3) is 0 Å². The summed E-state index contributed by atoms with van der Waals surface area (Å²) in [5.41, 5.74) is 7.22. The quantitative estimate of drug-likeness (QED) is 0.634. The first-order chi connectivity index (χ1) is 5.84. The van der Waals surface area contributed by atoms with Crippen LogP contribution in [0.15, 0.2) is 11.6 Å². The monoisotopic (exact) mass is 167 g/mol. The van der Waals surface area contributed by atoms with Crippen LogP contribution in [0.4, 0.5) is 0 Å². The van der Waals surface area contributed by atoms with Gasteiger partial charge in [0.15, 0.2) is 0 Å². The Bertz CT molecular complexity index is 174. The maximum atomic E-state index is 5.68. The van der Waals surface area contributed by atoms with Gasteiger partial charge in [-0.15, -0.1) is 0 Å². The Balaban J connectivity index is 1.70. The van der Waals surface area contributed by atoms with Crippen LogP contribution in [0.1, 0.15) is 32.1 Å². The highest BCUT2D eigenvalue weighted by Gasteiger charge is 2.19. The van der Waals surface area contributed by atoms with Crippen molar-refractivity contribution in [3.63, 3.8) is 0 Å². The maximum Gasteiger partial charge on any atom is 0.0610 e. The molecule has 0 spiro atoms. The van der Waals surface area contributed by atoms with Crippen LogP contribution in [0.3, 0.4) is 0 Å². The van der Waals surface area contributed by atoms with Crippen molar-refractivity contribution in [1.82, 2.24) is 0 Å². The van der Waals surface area contributed by atoms with E-state index >= 15 is 0 Å². The van der Waals surface area contributed by atoms with Gasteiger partial charge in [-0.3, -0.25) is 0 Å². The van der Waals surface area contributed by atoms with Gasteiger partial charge < -0.3 is 10.5 Å². The Morgan fingerprint density at radius 1 is 1.50 bits per heavy atom. The molecule has 2 N–H and O–H groups in total. The highest BCUT2D eigenvalue weighted by atomic mass is 16.5. The summed E-state index contributed by atoms with van der Waals surface area (Å²) in [5.74, 6) is 0. The number of hydrogen-bond acceptors (Lipinski definition) is 2. The molecule has 0 aromatic heterocycles. The largest absolute Gasteiger partial charge is 0.378 e. The molecule has 1 aliphatic heterocycles. The van der Waals surface area contributed by atoms with Gasteiger partial charge in [0.05, 0.1) is 6.10 Å². The maximum absolute atomic E-state index is 5.68. The van der Waals surface area contributed by atoms with Crippen molar-refractivity contribution in [2.75, 3.05) is 6.61 Å². The van der Waals surface area contributed by atoms with E-state index in [1.54, 1.807) is 0 Å². The minimum Gasteiger partial charge on any atom is -0.378 e. The van der Waals surface area contributed by atoms with E-state index in [2.05, 4.69) is 6.08 Å². The Kier molecular flexibility index (Phi) is 2.47. The Labute approximate surface area is 73.8 Å². The highest BCUT2D eigenvalue weighted by molar-refractivity contribution is 5.15. The first kappa shape index (κ1) is 8.27. The second kappa shape index (κ2) is 3.58. The summed E-state index contributed by atoms with van der Waals surface area (Å²) in [6.45, 7) is 0.966. The van der Waals surface area contributed by atoms with Crippen LogP contribution >= 0.6 is 0 Å². The molecule has 68 valence electrons. The topological polar surface area (TPSA) is 35.2 Å². The molecule has 0 aromatic rings. The van der Waals surface area contributed by atoms with Gasteiger partial charge in [-0.1, -0.05) is 11.6 Å². The molecule has 2 aliphatic rings. The van der Waals surface area contributed by atoms with Gasteiger partial charge in [0.1, 0.15) is 0 Å². The zero-order valence-corrected chi connectivity index (χ0v) is 7.46. The average molecular weight is 167 g/mol. The lowest BCUT2D eigenvalue weighted by molar-refractivity contribution is 0.113. The molecule has 1 heterocycles. The number of ether oxygens (including phenoxy) is 1. The molecular weight excluding hydrogens is 150 g/mol. The summed E-state index contributed by atoms with van der Waals surface area (Å²) in [4.78, 5) is 0. The van der Waals surface area contributed by atoms with E-state index in [4.69, 9.17) is 10.5 Å². The number of hydrogen-bond donors (Lipinski definition) is 1. The minimum absolute atomic E-state index is 0.445. The zero-order valence-electron chi connectivity index (χ0n) is 7.46. The lowest BCUT2D eigenvalue weighted by Crippen LogP contribution is -2.30. The highest BCUT2D eigenvalue weighted by Crippen LogP contribution is 2.26. The molecule has 12 heavy (non-hydrogen) atoms. The third kappa shape index (κ3) is 1.87. The van der Waals surface area contributed by atoms with Crippen LogP contribution in [0.25, 0.3) is 0 Å². The third-order valence-corrected chi connectivity index (χ3v) is 2.74. The third-order valence-electron chi connectivity index (χ3n) is 2.74. The fourth-order valence-corrected chi connectivity index (χ4v) is 1.91. The Hall–Kier alpha value is -0.340. The molecule has 2 rings (SSSR count). The summed E-state index contributed by atoms with van der Waals surface area (Å²) >= 11 is 0. The molecule has 1 aliphatic carbocycles. The van der Waals surface area contributed by atoms with Crippen molar-refractivity contribution in [3.05, 3.63) is 11.6 Å². The fraction of sp³-hybridized carbons (Fsp3) is 0.800. The van der Waals surface area contributed by atoms with Crippen molar-refractivity contribution in [2.24, 2.45) is 5.73 Å². The fourth-order valence-electron chi connectivity index (χ4n) is 1.91. The van der Waals surface area contributed by atoms with E-state index in [1.807, 2.05) is 0 Å². The van der Waals surface area contributed by atoms with Crippen LogP contribution in [0, 0.1) is 0 Å². The van der Waals surface area contributed by atoms with Crippen molar-refractivity contribution >= 4 is 0 Å². The SMILES string of the molecule is NC1CC(=CCC2CCCO2)C1. The molecule has 0 bridgehead atoms. The summed E-state index contributed by atoms with van der Waals surface area (Å²) in [6, 6.07) is 0.445. The molecule has 0 aromatic carbocycles. The first-order valence-corrected chi connectivity index (χ1v) is 4.89. The summed E-state index contributed by atoms with van der Waals surface area (Å²) in [5, 5.41) is 0. The van der Waals surface area contributed by atoms with Gasteiger partial charge >= 0.3 is 0 Å². The lowest BCUT2D eigenvalue weighted by atomic mass is 9.86. The predicted octanol–water partition coefficient (Wildman–Crippen LogP) is 1.60. The standard InChI is InChI=1S/C10H17NO/c11-9-6-8(7-9)3-4-10-2-1-5-12-10/h3,9-10H,1-2,4-7,11H2. The number of rotatable bonds is 2. The lowest BCUT2D eigenvalue weighted by Gasteiger charge is -2.25. The Morgan fingerprint density at radius 3 is 2.92 bits per heavy atom. The van der Waals surface area contributed by atoms with Gasteiger partial charge in [0.2, 0.25) is 0 Å². The van der Waals surface area contributed by atoms with Crippen molar-refractivity contribution in [2.45, 2.75) is 44.2 Å². The van der Waals surface area contributed by atoms with Gasteiger partial charge in [-0.2, -0.15) is 0 Å². The second-order valence-electron chi connectivity index (χ2n) is 3.90. The van der Waals surface area contributed by atoms with E-state index in [1.165, 1.54) is 18.4 Å². The zero-order chi connectivity index (χ0) is 8.39. The van der Waals surface area contributed by atoms with Crippen LogP contribution in [0.2, 0.25) is 0 Å². The molecular formula is C10H17NO. The van der Waals surface area contributed by atoms with Crippen molar-refractivity contribution in [1.29, 1.82) is 0 Å². The molecule has 1 saturated carbocycles. The number of nitrogens with two attached hydrogens (primary N) is 1. The van der Waals surface area contributed by atoms with Crippen LogP contribution in [-0.2, 0) is 4.74 Å². The van der Waals surface area contributed by atoms with Crippen LogP contribution < -0.4 is 5.73 Å². The molecule has 2 fully saturated rings. The first-order valence-electron chi connectivity index (χ1n) is 4.89. The Morgan fingerprint density at radius 2 is 2.33 bits per heavy atom. The molecule has 2 heteroatoms. The summed E-state index contributed by atoms with van der Waals surface area (Å²) in [6.07, 6.45) is 8.68. The van der Waals surface area contributed by atoms with Gasteiger partial charge in [0, 0.05) is 12.6 Å². The normalized spacial score (nSPS) is 34.9. The van der Waals surface area contributed by atoms with Crippen molar-refractivity contribution in [3.8, 4) is 0 Å². The minimum atomic E-state index is 0.445. The van der Waals surface area contributed by atoms with E-state index < -0.39 is 0 Å². The molecule has 2 nitrogen and oxygen atoms in total. The summed E-state index contributed by atoms with van der Waals surface area (Å²) in [7, 11) is 0. The second-order valence-corrected chi connectivity index (χ2v) is 3.90. The molecule has 1 unspecified atom stereocenters. The average Bonchev–Trinajstić information content (AvgIpc) is 2.47. The molecule has 0 radical (unpaired) electrons. The molecule has 1 saturated heterocycles. The van der Waals surface area contributed by atoms with Crippen molar-refractivity contribution < 1.29 is 4.74 Å². The van der Waals surface area contributed by atoms with Crippen LogP contribution in [0.5, 0.6) is 0 Å². The van der Waals surface area contributed by atoms with Gasteiger partial charge in [-0.25, -0.2) is 0 Å². The van der Waals surface area contributed by atoms with E-state index in [0.29, 0.717) is 12.1 Å². The van der Waals surface area contributed by atoms with Crippen LogP contribution in [-0.4, -0.2) is 18.8 Å². The van der Waals surface area contributed by atoms with E-state index in [9.17, 15) is 0 Å². The summed E-state index contributed by atoms with van der Waals surface area (Å²) < 4.78 is 5.52. The molecule has 0 amide bonds.